The fourth-order valence-electron chi connectivity index (χ4n) is 3.34. The molecule has 1 fully saturated rings. The SMILES string of the molecule is CCOC(=O)c1cn(C2CCCCC2)c2cc(Br)ccc2c1=O. The maximum absolute atomic E-state index is 12.7. The number of fused-ring (bicyclic) bond motifs is 1. The van der Waals surface area contributed by atoms with Gasteiger partial charge in [-0.15, -0.1) is 0 Å². The van der Waals surface area contributed by atoms with Crippen LogP contribution in [0.15, 0.2) is 33.7 Å². The van der Waals surface area contributed by atoms with Gasteiger partial charge in [-0.1, -0.05) is 35.2 Å². The van der Waals surface area contributed by atoms with Crippen molar-refractivity contribution in [3.63, 3.8) is 0 Å². The van der Waals surface area contributed by atoms with Gasteiger partial charge >= 0.3 is 5.97 Å². The smallest absolute Gasteiger partial charge is 0.343 e. The fourth-order valence-corrected chi connectivity index (χ4v) is 3.69. The number of nitrogens with zero attached hydrogens (tertiary/aromatic N) is 1. The van der Waals surface area contributed by atoms with Crippen LogP contribution in [0.3, 0.4) is 0 Å². The van der Waals surface area contributed by atoms with Crippen molar-refractivity contribution in [2.24, 2.45) is 0 Å². The third-order valence-electron chi connectivity index (χ3n) is 4.46. The monoisotopic (exact) mass is 377 g/mol. The van der Waals surface area contributed by atoms with E-state index in [4.69, 9.17) is 4.74 Å². The number of ether oxygens (including phenoxy) is 1. The Kier molecular flexibility index (Phi) is 4.85. The van der Waals surface area contributed by atoms with E-state index >= 15 is 0 Å². The molecule has 0 aliphatic heterocycles. The topological polar surface area (TPSA) is 48.3 Å². The Labute approximate surface area is 143 Å². The molecule has 1 heterocycles. The molecular formula is C18H20BrNO3. The van der Waals surface area contributed by atoms with Gasteiger partial charge in [0.15, 0.2) is 0 Å². The van der Waals surface area contributed by atoms with E-state index in [1.165, 1.54) is 19.3 Å². The van der Waals surface area contributed by atoms with Crippen molar-refractivity contribution in [2.75, 3.05) is 6.61 Å². The number of esters is 1. The van der Waals surface area contributed by atoms with Gasteiger partial charge in [-0.2, -0.15) is 0 Å². The van der Waals surface area contributed by atoms with Gasteiger partial charge in [0.2, 0.25) is 5.43 Å². The van der Waals surface area contributed by atoms with E-state index in [0.29, 0.717) is 11.4 Å². The minimum atomic E-state index is -0.535. The number of rotatable bonds is 3. The molecule has 0 saturated heterocycles. The first-order valence-corrected chi connectivity index (χ1v) is 8.92. The number of hydrogen-bond acceptors (Lipinski definition) is 3. The van der Waals surface area contributed by atoms with E-state index in [9.17, 15) is 9.59 Å². The van der Waals surface area contributed by atoms with Gasteiger partial charge in [0, 0.05) is 22.1 Å². The van der Waals surface area contributed by atoms with Crippen LogP contribution in [0.5, 0.6) is 0 Å². The van der Waals surface area contributed by atoms with E-state index in [2.05, 4.69) is 20.5 Å². The van der Waals surface area contributed by atoms with Crippen LogP contribution < -0.4 is 5.43 Å². The number of hydrogen-bond donors (Lipinski definition) is 0. The highest BCUT2D eigenvalue weighted by Gasteiger charge is 2.21. The average molecular weight is 378 g/mol. The Morgan fingerprint density at radius 3 is 2.74 bits per heavy atom. The van der Waals surface area contributed by atoms with Crippen LogP contribution in [0.25, 0.3) is 10.9 Å². The van der Waals surface area contributed by atoms with E-state index in [1.54, 1.807) is 19.2 Å². The van der Waals surface area contributed by atoms with Crippen LogP contribution in [0.1, 0.15) is 55.4 Å². The van der Waals surface area contributed by atoms with Crippen molar-refractivity contribution in [1.29, 1.82) is 0 Å². The molecule has 1 aliphatic carbocycles. The van der Waals surface area contributed by atoms with Gasteiger partial charge in [0.25, 0.3) is 0 Å². The summed E-state index contributed by atoms with van der Waals surface area (Å²) in [6.07, 6.45) is 7.47. The molecule has 1 aromatic carbocycles. The van der Waals surface area contributed by atoms with Crippen LogP contribution in [-0.4, -0.2) is 17.1 Å². The predicted molar refractivity (Wildman–Crippen MR) is 94.0 cm³/mol. The third kappa shape index (κ3) is 3.20. The second-order valence-corrected chi connectivity index (χ2v) is 6.87. The second-order valence-electron chi connectivity index (χ2n) is 5.95. The Hall–Kier alpha value is -1.62. The molecule has 122 valence electrons. The van der Waals surface area contributed by atoms with Crippen LogP contribution in [-0.2, 0) is 4.74 Å². The normalized spacial score (nSPS) is 15.7. The first kappa shape index (κ1) is 16.2. The van der Waals surface area contributed by atoms with Gasteiger partial charge in [-0.05, 0) is 38.0 Å². The van der Waals surface area contributed by atoms with Crippen molar-refractivity contribution in [3.8, 4) is 0 Å². The van der Waals surface area contributed by atoms with Crippen molar-refractivity contribution >= 4 is 32.8 Å². The number of pyridine rings is 1. The highest BCUT2D eigenvalue weighted by molar-refractivity contribution is 9.10. The molecule has 0 spiro atoms. The molecule has 1 saturated carbocycles. The van der Waals surface area contributed by atoms with Crippen LogP contribution in [0.2, 0.25) is 0 Å². The lowest BCUT2D eigenvalue weighted by atomic mass is 9.94. The Balaban J connectivity index is 2.22. The van der Waals surface area contributed by atoms with Crippen molar-refractivity contribution in [1.82, 2.24) is 4.57 Å². The molecule has 1 aliphatic rings. The average Bonchev–Trinajstić information content (AvgIpc) is 2.56. The lowest BCUT2D eigenvalue weighted by molar-refractivity contribution is 0.0524. The Bertz CT molecular complexity index is 791. The lowest BCUT2D eigenvalue weighted by Gasteiger charge is -2.26. The number of benzene rings is 1. The van der Waals surface area contributed by atoms with Gasteiger partial charge in [-0.25, -0.2) is 4.79 Å². The molecular weight excluding hydrogens is 358 g/mol. The van der Waals surface area contributed by atoms with Gasteiger partial charge in [0.05, 0.1) is 12.1 Å². The molecule has 1 aromatic heterocycles. The first-order valence-electron chi connectivity index (χ1n) is 8.13. The van der Waals surface area contributed by atoms with Crippen LogP contribution >= 0.6 is 15.9 Å². The molecule has 0 unspecified atom stereocenters. The van der Waals surface area contributed by atoms with E-state index in [0.717, 1.165) is 22.8 Å². The largest absolute Gasteiger partial charge is 0.462 e. The van der Waals surface area contributed by atoms with E-state index in [1.807, 2.05) is 12.1 Å². The molecule has 4 nitrogen and oxygen atoms in total. The zero-order valence-corrected chi connectivity index (χ0v) is 14.8. The number of carbonyl (C=O) groups excluding carboxylic acids is 1. The fraction of sp³-hybridized carbons (Fsp3) is 0.444. The molecule has 3 rings (SSSR count). The molecule has 0 amide bonds. The summed E-state index contributed by atoms with van der Waals surface area (Å²) >= 11 is 3.48. The van der Waals surface area contributed by atoms with Crippen molar-refractivity contribution in [2.45, 2.75) is 45.1 Å². The van der Waals surface area contributed by atoms with Crippen molar-refractivity contribution < 1.29 is 9.53 Å². The Morgan fingerprint density at radius 1 is 1.30 bits per heavy atom. The first-order chi connectivity index (χ1) is 11.1. The zero-order chi connectivity index (χ0) is 16.4. The number of halogens is 1. The van der Waals surface area contributed by atoms with Gasteiger partial charge < -0.3 is 9.30 Å². The second kappa shape index (κ2) is 6.87. The maximum Gasteiger partial charge on any atom is 0.343 e. The maximum atomic E-state index is 12.7. The molecule has 0 N–H and O–H groups in total. The molecule has 0 radical (unpaired) electrons. The third-order valence-corrected chi connectivity index (χ3v) is 4.95. The minimum Gasteiger partial charge on any atom is -0.462 e. The molecule has 5 heteroatoms. The summed E-state index contributed by atoms with van der Waals surface area (Å²) in [5.74, 6) is -0.535. The van der Waals surface area contributed by atoms with Gasteiger partial charge in [0.1, 0.15) is 5.56 Å². The summed E-state index contributed by atoms with van der Waals surface area (Å²) in [5, 5.41) is 0.573. The summed E-state index contributed by atoms with van der Waals surface area (Å²) in [4.78, 5) is 24.8. The summed E-state index contributed by atoms with van der Waals surface area (Å²) in [6, 6.07) is 5.91. The number of aromatic nitrogens is 1. The zero-order valence-electron chi connectivity index (χ0n) is 13.2. The lowest BCUT2D eigenvalue weighted by Crippen LogP contribution is -2.23. The highest BCUT2D eigenvalue weighted by Crippen LogP contribution is 2.31. The number of carbonyl (C=O) groups is 1. The summed E-state index contributed by atoms with van der Waals surface area (Å²) < 4.78 is 8.09. The minimum absolute atomic E-state index is 0.132. The quantitative estimate of drug-likeness (QED) is 0.742. The molecule has 0 atom stereocenters. The van der Waals surface area contributed by atoms with Gasteiger partial charge in [-0.3, -0.25) is 4.79 Å². The van der Waals surface area contributed by atoms with E-state index in [-0.39, 0.29) is 17.6 Å². The highest BCUT2D eigenvalue weighted by atomic mass is 79.9. The molecule has 23 heavy (non-hydrogen) atoms. The summed E-state index contributed by atoms with van der Waals surface area (Å²) in [7, 11) is 0. The Morgan fingerprint density at radius 2 is 2.04 bits per heavy atom. The summed E-state index contributed by atoms with van der Waals surface area (Å²) in [5.41, 5.74) is 0.759. The van der Waals surface area contributed by atoms with Crippen LogP contribution in [0, 0.1) is 0 Å². The molecule has 0 bridgehead atoms. The molecule has 2 aromatic rings. The standard InChI is InChI=1S/C18H20BrNO3/c1-2-23-18(22)15-11-20(13-6-4-3-5-7-13)16-10-12(19)8-9-14(16)17(15)21/h8-11,13H,2-7H2,1H3. The van der Waals surface area contributed by atoms with Crippen molar-refractivity contribution in [3.05, 3.63) is 44.7 Å². The van der Waals surface area contributed by atoms with Crippen LogP contribution in [0.4, 0.5) is 0 Å². The predicted octanol–water partition coefficient (Wildman–Crippen LogP) is 4.45. The summed E-state index contributed by atoms with van der Waals surface area (Å²) in [6.45, 7) is 2.01. The van der Waals surface area contributed by atoms with E-state index < -0.39 is 5.97 Å².